The number of fused-ring (bicyclic) bond motifs is 1. The Hall–Kier alpha value is -3.35. The van der Waals surface area contributed by atoms with Crippen LogP contribution >= 0.6 is 0 Å². The zero-order valence-electron chi connectivity index (χ0n) is 14.9. The number of anilines is 2. The Bertz CT molecular complexity index is 1050. The van der Waals surface area contributed by atoms with Crippen LogP contribution in [0.3, 0.4) is 0 Å². The molecule has 142 valence electrons. The van der Waals surface area contributed by atoms with Crippen molar-refractivity contribution in [2.75, 3.05) is 10.2 Å². The van der Waals surface area contributed by atoms with Gasteiger partial charge in [-0.05, 0) is 48.9 Å². The first-order chi connectivity index (χ1) is 13.3. The lowest BCUT2D eigenvalue weighted by Crippen LogP contribution is -2.33. The number of nitrogens with one attached hydrogen (secondary N) is 1. The van der Waals surface area contributed by atoms with Gasteiger partial charge in [0.05, 0.1) is 5.56 Å². The van der Waals surface area contributed by atoms with Gasteiger partial charge >= 0.3 is 6.18 Å². The third-order valence-corrected chi connectivity index (χ3v) is 4.60. The second kappa shape index (κ2) is 6.67. The Morgan fingerprint density at radius 3 is 2.57 bits per heavy atom. The first-order valence-corrected chi connectivity index (χ1v) is 8.63. The highest BCUT2D eigenvalue weighted by atomic mass is 19.4. The van der Waals surface area contributed by atoms with E-state index in [1.54, 1.807) is 42.6 Å². The van der Waals surface area contributed by atoms with Crippen LogP contribution in [0.1, 0.15) is 33.2 Å². The number of rotatable bonds is 3. The number of carbonyl (C=O) groups excluding carboxylic acids is 1. The lowest BCUT2D eigenvalue weighted by molar-refractivity contribution is -0.137. The van der Waals surface area contributed by atoms with E-state index in [2.05, 4.69) is 10.3 Å². The molecule has 1 aliphatic heterocycles. The Morgan fingerprint density at radius 2 is 1.82 bits per heavy atom. The lowest BCUT2D eigenvalue weighted by Gasteiger charge is -2.26. The fraction of sp³-hybridized carbons (Fsp3) is 0.143. The Labute approximate surface area is 159 Å². The summed E-state index contributed by atoms with van der Waals surface area (Å²) in [6, 6.07) is 15.5. The molecule has 1 atom stereocenters. The van der Waals surface area contributed by atoms with E-state index < -0.39 is 17.9 Å². The van der Waals surface area contributed by atoms with Crippen LogP contribution in [0.15, 0.2) is 66.9 Å². The largest absolute Gasteiger partial charge is 0.416 e. The second-order valence-electron chi connectivity index (χ2n) is 6.58. The van der Waals surface area contributed by atoms with Gasteiger partial charge in [0.1, 0.15) is 12.0 Å². The zero-order chi connectivity index (χ0) is 19.9. The normalized spacial score (nSPS) is 16.2. The topological polar surface area (TPSA) is 45.2 Å². The molecule has 0 saturated carbocycles. The van der Waals surface area contributed by atoms with Gasteiger partial charge in [-0.15, -0.1) is 0 Å². The molecule has 1 aliphatic rings. The van der Waals surface area contributed by atoms with Crippen molar-refractivity contribution in [1.82, 2.24) is 4.98 Å². The van der Waals surface area contributed by atoms with Crippen LogP contribution in [0.4, 0.5) is 24.7 Å². The Morgan fingerprint density at radius 1 is 1.04 bits per heavy atom. The molecule has 2 heterocycles. The summed E-state index contributed by atoms with van der Waals surface area (Å²) in [5.41, 5.74) is 1.62. The van der Waals surface area contributed by atoms with Gasteiger partial charge in [-0.3, -0.25) is 9.69 Å². The molecule has 0 aliphatic carbocycles. The first-order valence-electron chi connectivity index (χ1n) is 8.63. The molecule has 7 heteroatoms. The van der Waals surface area contributed by atoms with Gasteiger partial charge in [0.2, 0.25) is 0 Å². The van der Waals surface area contributed by atoms with Crippen LogP contribution in [-0.4, -0.2) is 10.9 Å². The van der Waals surface area contributed by atoms with Crippen molar-refractivity contribution in [3.05, 3.63) is 89.1 Å². The average molecular weight is 383 g/mol. The van der Waals surface area contributed by atoms with Crippen LogP contribution in [0.5, 0.6) is 0 Å². The molecular weight excluding hydrogens is 367 g/mol. The van der Waals surface area contributed by atoms with E-state index >= 15 is 0 Å². The molecule has 1 unspecified atom stereocenters. The number of halogens is 3. The van der Waals surface area contributed by atoms with Crippen molar-refractivity contribution in [3.63, 3.8) is 0 Å². The molecule has 2 aromatic carbocycles. The van der Waals surface area contributed by atoms with E-state index in [1.807, 2.05) is 13.0 Å². The summed E-state index contributed by atoms with van der Waals surface area (Å²) in [5.74, 6) is 0.184. The fourth-order valence-corrected chi connectivity index (χ4v) is 3.29. The molecule has 0 fully saturated rings. The number of carbonyl (C=O) groups is 1. The molecule has 1 aromatic heterocycles. The monoisotopic (exact) mass is 383 g/mol. The van der Waals surface area contributed by atoms with Gasteiger partial charge in [0.25, 0.3) is 5.91 Å². The van der Waals surface area contributed by atoms with Crippen molar-refractivity contribution in [3.8, 4) is 0 Å². The first kappa shape index (κ1) is 18.0. The van der Waals surface area contributed by atoms with E-state index in [0.717, 1.165) is 17.7 Å². The maximum Gasteiger partial charge on any atom is 0.416 e. The summed E-state index contributed by atoms with van der Waals surface area (Å²) in [7, 11) is 0. The van der Waals surface area contributed by atoms with Crippen LogP contribution < -0.4 is 10.2 Å². The highest BCUT2D eigenvalue weighted by molar-refractivity contribution is 6.11. The molecule has 0 radical (unpaired) electrons. The number of aryl methyl sites for hydroxylation is 1. The number of hydrogen-bond donors (Lipinski definition) is 1. The molecular formula is C21H16F3N3O. The molecule has 0 saturated heterocycles. The summed E-state index contributed by atoms with van der Waals surface area (Å²) >= 11 is 0. The van der Waals surface area contributed by atoms with E-state index in [9.17, 15) is 18.0 Å². The van der Waals surface area contributed by atoms with Gasteiger partial charge in [-0.1, -0.05) is 24.3 Å². The maximum atomic E-state index is 13.1. The molecule has 1 amide bonds. The molecule has 3 aromatic rings. The van der Waals surface area contributed by atoms with Crippen molar-refractivity contribution in [2.24, 2.45) is 0 Å². The van der Waals surface area contributed by atoms with Crippen LogP contribution in [0.2, 0.25) is 0 Å². The van der Waals surface area contributed by atoms with E-state index in [0.29, 0.717) is 16.9 Å². The van der Waals surface area contributed by atoms with Crippen molar-refractivity contribution in [2.45, 2.75) is 19.3 Å². The summed E-state index contributed by atoms with van der Waals surface area (Å²) in [4.78, 5) is 18.8. The van der Waals surface area contributed by atoms with E-state index in [-0.39, 0.29) is 11.6 Å². The molecule has 28 heavy (non-hydrogen) atoms. The van der Waals surface area contributed by atoms with E-state index in [1.165, 1.54) is 11.0 Å². The van der Waals surface area contributed by atoms with Crippen molar-refractivity contribution >= 4 is 17.4 Å². The number of alkyl halides is 3. The van der Waals surface area contributed by atoms with Gasteiger partial charge in [0, 0.05) is 23.0 Å². The number of amides is 1. The molecule has 4 nitrogen and oxygen atoms in total. The second-order valence-corrected chi connectivity index (χ2v) is 6.58. The smallest absolute Gasteiger partial charge is 0.361 e. The third kappa shape index (κ3) is 3.19. The summed E-state index contributed by atoms with van der Waals surface area (Å²) < 4.78 is 39.2. The summed E-state index contributed by atoms with van der Waals surface area (Å²) in [6.45, 7) is 1.88. The highest BCUT2D eigenvalue weighted by Gasteiger charge is 2.38. The van der Waals surface area contributed by atoms with E-state index in [4.69, 9.17) is 0 Å². The lowest BCUT2D eigenvalue weighted by atomic mass is 10.1. The molecule has 0 spiro atoms. The quantitative estimate of drug-likeness (QED) is 0.678. The Kier molecular flexibility index (Phi) is 4.30. The molecule has 0 bridgehead atoms. The van der Waals surface area contributed by atoms with Gasteiger partial charge in [-0.2, -0.15) is 13.2 Å². The minimum absolute atomic E-state index is 0.252. The van der Waals surface area contributed by atoms with Crippen LogP contribution in [-0.2, 0) is 6.18 Å². The minimum Gasteiger partial charge on any atom is -0.361 e. The molecule has 1 N–H and O–H groups in total. The predicted octanol–water partition coefficient (Wildman–Crippen LogP) is 5.18. The number of nitrogens with zero attached hydrogens (tertiary/aromatic N) is 2. The van der Waals surface area contributed by atoms with Gasteiger partial charge in [-0.25, -0.2) is 4.98 Å². The van der Waals surface area contributed by atoms with Crippen LogP contribution in [0.25, 0.3) is 0 Å². The minimum atomic E-state index is -4.45. The highest BCUT2D eigenvalue weighted by Crippen LogP contribution is 2.38. The van der Waals surface area contributed by atoms with Crippen LogP contribution in [0, 0.1) is 6.92 Å². The van der Waals surface area contributed by atoms with Gasteiger partial charge in [0.15, 0.2) is 0 Å². The predicted molar refractivity (Wildman–Crippen MR) is 100 cm³/mol. The fourth-order valence-electron chi connectivity index (χ4n) is 3.29. The summed E-state index contributed by atoms with van der Waals surface area (Å²) in [6.07, 6.45) is -3.51. The third-order valence-electron chi connectivity index (χ3n) is 4.60. The SMILES string of the molecule is Cc1ccnc(N2C(=O)c3ccccc3C2Nc2cccc(C(F)(F)F)c2)c1. The van der Waals surface area contributed by atoms with Crippen molar-refractivity contribution in [1.29, 1.82) is 0 Å². The standard InChI is InChI=1S/C21H16F3N3O/c1-13-9-10-25-18(11-13)27-19(16-7-2-3-8-17(16)20(27)28)26-15-6-4-5-14(12-15)21(22,23)24/h2-12,19,26H,1H3. The Balaban J connectivity index is 1.77. The number of aromatic nitrogens is 1. The van der Waals surface area contributed by atoms with Gasteiger partial charge < -0.3 is 5.32 Å². The zero-order valence-corrected chi connectivity index (χ0v) is 14.9. The molecule has 4 rings (SSSR count). The average Bonchev–Trinajstić information content (AvgIpc) is 2.94. The number of hydrogen-bond acceptors (Lipinski definition) is 3. The maximum absolute atomic E-state index is 13.1. The summed E-state index contributed by atoms with van der Waals surface area (Å²) in [5, 5.41) is 3.07. The number of benzene rings is 2. The number of pyridine rings is 1. The van der Waals surface area contributed by atoms with Crippen molar-refractivity contribution < 1.29 is 18.0 Å².